The Morgan fingerprint density at radius 2 is 1.81 bits per heavy atom. The molecule has 6 nitrogen and oxygen atoms in total. The fourth-order valence-electron chi connectivity index (χ4n) is 4.23. The molecule has 1 aromatic carbocycles. The molecule has 1 N–H and O–H groups in total. The molecule has 2 heterocycles. The van der Waals surface area contributed by atoms with E-state index in [0.29, 0.717) is 5.41 Å². The summed E-state index contributed by atoms with van der Waals surface area (Å²) < 4.78 is 5.34. The van der Waals surface area contributed by atoms with Crippen LogP contribution in [-0.2, 0) is 16.1 Å². The standard InChI is InChI=1S/C21H31N3O3/c1-17(25)19(22-2)15-27-20(26)24-12-9-21(10-13-24)8-11-23(16-21)14-18-6-4-3-5-7-18/h3-7,19,22H,8-16H2,1-2H3. The van der Waals surface area contributed by atoms with Gasteiger partial charge in [-0.1, -0.05) is 30.3 Å². The monoisotopic (exact) mass is 373 g/mol. The van der Waals surface area contributed by atoms with Crippen LogP contribution in [0, 0.1) is 5.41 Å². The van der Waals surface area contributed by atoms with Gasteiger partial charge in [0.25, 0.3) is 0 Å². The highest BCUT2D eigenvalue weighted by Gasteiger charge is 2.41. The zero-order valence-electron chi connectivity index (χ0n) is 16.4. The maximum atomic E-state index is 12.3. The summed E-state index contributed by atoms with van der Waals surface area (Å²) in [5.74, 6) is -0.0210. The molecular formula is C21H31N3O3. The Labute approximate surface area is 161 Å². The van der Waals surface area contributed by atoms with Gasteiger partial charge in [0.2, 0.25) is 0 Å². The summed E-state index contributed by atoms with van der Waals surface area (Å²) in [6.07, 6.45) is 2.95. The van der Waals surface area contributed by atoms with Gasteiger partial charge in [0.1, 0.15) is 18.4 Å². The number of hydrogen-bond acceptors (Lipinski definition) is 5. The second-order valence-corrected chi connectivity index (χ2v) is 7.96. The summed E-state index contributed by atoms with van der Waals surface area (Å²) in [6.45, 7) is 6.31. The third-order valence-corrected chi connectivity index (χ3v) is 6.06. The number of Topliss-reactive ketones (excluding diaryl/α,β-unsaturated/α-hetero) is 1. The van der Waals surface area contributed by atoms with Gasteiger partial charge in [-0.3, -0.25) is 9.69 Å². The van der Waals surface area contributed by atoms with Crippen molar-refractivity contribution >= 4 is 11.9 Å². The van der Waals surface area contributed by atoms with E-state index in [4.69, 9.17) is 4.74 Å². The predicted octanol–water partition coefficient (Wildman–Crippen LogP) is 2.29. The maximum Gasteiger partial charge on any atom is 0.409 e. The number of ketones is 1. The normalized spacial score (nSPS) is 20.6. The van der Waals surface area contributed by atoms with Crippen LogP contribution in [-0.4, -0.2) is 67.6 Å². The molecule has 0 saturated carbocycles. The van der Waals surface area contributed by atoms with Crippen LogP contribution in [0.25, 0.3) is 0 Å². The van der Waals surface area contributed by atoms with Crippen LogP contribution in [0.2, 0.25) is 0 Å². The molecular weight excluding hydrogens is 342 g/mol. The first-order valence-corrected chi connectivity index (χ1v) is 9.87. The van der Waals surface area contributed by atoms with Crippen molar-refractivity contribution in [3.05, 3.63) is 35.9 Å². The van der Waals surface area contributed by atoms with Crippen LogP contribution < -0.4 is 5.32 Å². The molecule has 2 aliphatic heterocycles. The number of likely N-dealkylation sites (N-methyl/N-ethyl adjacent to an activating group) is 1. The summed E-state index contributed by atoms with van der Waals surface area (Å²) in [6, 6.07) is 10.2. The predicted molar refractivity (Wildman–Crippen MR) is 104 cm³/mol. The van der Waals surface area contributed by atoms with E-state index in [1.807, 2.05) is 0 Å². The van der Waals surface area contributed by atoms with Gasteiger partial charge in [-0.15, -0.1) is 0 Å². The third-order valence-electron chi connectivity index (χ3n) is 6.06. The summed E-state index contributed by atoms with van der Waals surface area (Å²) in [5, 5.41) is 2.87. The van der Waals surface area contributed by atoms with Crippen molar-refractivity contribution in [2.45, 2.75) is 38.8 Å². The number of likely N-dealkylation sites (tertiary alicyclic amines) is 2. The van der Waals surface area contributed by atoms with E-state index in [1.165, 1.54) is 18.9 Å². The summed E-state index contributed by atoms with van der Waals surface area (Å²) in [7, 11) is 1.70. The number of nitrogens with zero attached hydrogens (tertiary/aromatic N) is 2. The topological polar surface area (TPSA) is 61.9 Å². The number of carbonyl (C=O) groups excluding carboxylic acids is 2. The minimum Gasteiger partial charge on any atom is -0.447 e. The number of amides is 1. The average molecular weight is 373 g/mol. The minimum absolute atomic E-state index is 0.0210. The average Bonchev–Trinajstić information content (AvgIpc) is 3.05. The number of piperidine rings is 1. The Bertz CT molecular complexity index is 641. The smallest absolute Gasteiger partial charge is 0.409 e. The van der Waals surface area contributed by atoms with E-state index in [1.54, 1.807) is 11.9 Å². The molecule has 0 radical (unpaired) electrons. The minimum atomic E-state index is -0.425. The number of ether oxygens (including phenoxy) is 1. The second-order valence-electron chi connectivity index (χ2n) is 7.96. The van der Waals surface area contributed by atoms with Gasteiger partial charge >= 0.3 is 6.09 Å². The molecule has 1 atom stereocenters. The SMILES string of the molecule is CNC(COC(=O)N1CCC2(CCN(Cc3ccccc3)C2)CC1)C(C)=O. The van der Waals surface area contributed by atoms with E-state index < -0.39 is 6.04 Å². The molecule has 0 aromatic heterocycles. The van der Waals surface area contributed by atoms with Gasteiger partial charge in [0.15, 0.2) is 0 Å². The van der Waals surface area contributed by atoms with E-state index in [0.717, 1.165) is 45.6 Å². The Balaban J connectivity index is 1.44. The zero-order valence-corrected chi connectivity index (χ0v) is 16.4. The lowest BCUT2D eigenvalue weighted by molar-refractivity contribution is -0.119. The fraction of sp³-hybridized carbons (Fsp3) is 0.619. The number of hydrogen-bond donors (Lipinski definition) is 1. The molecule has 148 valence electrons. The summed E-state index contributed by atoms with van der Waals surface area (Å²) in [5.41, 5.74) is 1.69. The highest BCUT2D eigenvalue weighted by Crippen LogP contribution is 2.40. The molecule has 0 bridgehead atoms. The second kappa shape index (κ2) is 8.85. The Hall–Kier alpha value is -1.92. The molecule has 2 saturated heterocycles. The molecule has 1 spiro atoms. The van der Waals surface area contributed by atoms with Crippen LogP contribution in [0.15, 0.2) is 30.3 Å². The van der Waals surface area contributed by atoms with Crippen molar-refractivity contribution in [1.29, 1.82) is 0 Å². The summed E-state index contributed by atoms with van der Waals surface area (Å²) in [4.78, 5) is 28.1. The highest BCUT2D eigenvalue weighted by molar-refractivity contribution is 5.81. The summed E-state index contributed by atoms with van der Waals surface area (Å²) >= 11 is 0. The number of carbonyl (C=O) groups is 2. The molecule has 1 unspecified atom stereocenters. The Morgan fingerprint density at radius 3 is 2.44 bits per heavy atom. The highest BCUT2D eigenvalue weighted by atomic mass is 16.6. The fourth-order valence-corrected chi connectivity index (χ4v) is 4.23. The van der Waals surface area contributed by atoms with Crippen molar-refractivity contribution in [2.75, 3.05) is 39.8 Å². The molecule has 1 aromatic rings. The van der Waals surface area contributed by atoms with E-state index in [9.17, 15) is 9.59 Å². The Morgan fingerprint density at radius 1 is 1.15 bits per heavy atom. The largest absolute Gasteiger partial charge is 0.447 e. The van der Waals surface area contributed by atoms with Gasteiger partial charge in [0, 0.05) is 26.2 Å². The maximum absolute atomic E-state index is 12.3. The molecule has 1 amide bonds. The van der Waals surface area contributed by atoms with Gasteiger partial charge < -0.3 is 15.0 Å². The molecule has 6 heteroatoms. The molecule has 2 aliphatic rings. The molecule has 27 heavy (non-hydrogen) atoms. The molecule has 0 aliphatic carbocycles. The van der Waals surface area contributed by atoms with Crippen molar-refractivity contribution in [3.8, 4) is 0 Å². The van der Waals surface area contributed by atoms with Gasteiger partial charge in [-0.25, -0.2) is 4.79 Å². The first-order valence-electron chi connectivity index (χ1n) is 9.87. The van der Waals surface area contributed by atoms with Crippen molar-refractivity contribution < 1.29 is 14.3 Å². The lowest BCUT2D eigenvalue weighted by atomic mass is 9.78. The van der Waals surface area contributed by atoms with Crippen LogP contribution >= 0.6 is 0 Å². The zero-order chi connectivity index (χ0) is 19.3. The van der Waals surface area contributed by atoms with Crippen molar-refractivity contribution in [3.63, 3.8) is 0 Å². The van der Waals surface area contributed by atoms with Gasteiger partial charge in [-0.2, -0.15) is 0 Å². The first kappa shape index (κ1) is 19.8. The van der Waals surface area contributed by atoms with Crippen molar-refractivity contribution in [2.24, 2.45) is 5.41 Å². The van der Waals surface area contributed by atoms with Crippen LogP contribution in [0.1, 0.15) is 31.7 Å². The van der Waals surface area contributed by atoms with Gasteiger partial charge in [-0.05, 0) is 50.8 Å². The third kappa shape index (κ3) is 5.08. The lowest BCUT2D eigenvalue weighted by Crippen LogP contribution is -2.46. The lowest BCUT2D eigenvalue weighted by Gasteiger charge is -2.39. The molecule has 2 fully saturated rings. The first-order chi connectivity index (χ1) is 13.0. The van der Waals surface area contributed by atoms with Gasteiger partial charge in [0.05, 0.1) is 0 Å². The number of benzene rings is 1. The van der Waals surface area contributed by atoms with Crippen LogP contribution in [0.3, 0.4) is 0 Å². The number of rotatable bonds is 6. The van der Waals surface area contributed by atoms with Crippen molar-refractivity contribution in [1.82, 2.24) is 15.1 Å². The Kier molecular flexibility index (Phi) is 6.50. The van der Waals surface area contributed by atoms with Crippen LogP contribution in [0.5, 0.6) is 0 Å². The molecule has 3 rings (SSSR count). The number of nitrogens with one attached hydrogen (secondary N) is 1. The quantitative estimate of drug-likeness (QED) is 0.829. The van der Waals surface area contributed by atoms with E-state index >= 15 is 0 Å². The van der Waals surface area contributed by atoms with E-state index in [2.05, 4.69) is 40.5 Å². The van der Waals surface area contributed by atoms with Crippen LogP contribution in [0.4, 0.5) is 4.79 Å². The van der Waals surface area contributed by atoms with E-state index in [-0.39, 0.29) is 18.5 Å².